The van der Waals surface area contributed by atoms with Gasteiger partial charge in [0, 0.05) is 36.4 Å². The Balaban J connectivity index is 1.61. The molecule has 4 heterocycles. The summed E-state index contributed by atoms with van der Waals surface area (Å²) >= 11 is 1.40. The van der Waals surface area contributed by atoms with Crippen LogP contribution in [0.1, 0.15) is 39.7 Å². The Hall–Kier alpha value is -2.54. The first-order valence-corrected chi connectivity index (χ1v) is 9.16. The Morgan fingerprint density at radius 2 is 2.08 bits per heavy atom. The average molecular weight is 353 g/mol. The Bertz CT molecular complexity index is 930. The number of rotatable bonds is 3. The number of thiophene rings is 1. The summed E-state index contributed by atoms with van der Waals surface area (Å²) in [5.41, 5.74) is 7.69. The molecule has 1 saturated heterocycles. The molecule has 3 aromatic heterocycles. The number of fused-ring (bicyclic) bond motifs is 1. The molecule has 0 aliphatic carbocycles. The highest BCUT2D eigenvalue weighted by Gasteiger charge is 2.28. The first-order valence-electron chi connectivity index (χ1n) is 8.34. The Morgan fingerprint density at radius 3 is 2.80 bits per heavy atom. The average Bonchev–Trinajstić information content (AvgIpc) is 3.02. The topological polar surface area (TPSA) is 85.0 Å². The normalized spacial score (nSPS) is 15.6. The van der Waals surface area contributed by atoms with Crippen LogP contribution in [0.15, 0.2) is 30.7 Å². The molecular weight excluding hydrogens is 334 g/mol. The molecule has 6 nitrogen and oxygen atoms in total. The van der Waals surface area contributed by atoms with E-state index in [0.717, 1.165) is 53.2 Å². The van der Waals surface area contributed by atoms with Gasteiger partial charge in [0.2, 0.25) is 0 Å². The Labute approximate surface area is 149 Å². The first-order chi connectivity index (χ1) is 12.1. The van der Waals surface area contributed by atoms with Crippen molar-refractivity contribution in [2.24, 2.45) is 5.73 Å². The van der Waals surface area contributed by atoms with E-state index in [2.05, 4.69) is 19.9 Å². The molecule has 1 aliphatic rings. The lowest BCUT2D eigenvalue weighted by atomic mass is 9.87. The molecule has 2 N–H and O–H groups in total. The van der Waals surface area contributed by atoms with Crippen LogP contribution in [0.4, 0.5) is 5.82 Å². The molecule has 4 rings (SSSR count). The predicted molar refractivity (Wildman–Crippen MR) is 99.1 cm³/mol. The molecule has 1 aliphatic heterocycles. The van der Waals surface area contributed by atoms with Gasteiger partial charge in [-0.2, -0.15) is 0 Å². The van der Waals surface area contributed by atoms with Gasteiger partial charge in [-0.3, -0.25) is 4.79 Å². The number of piperidine rings is 1. The highest BCUT2D eigenvalue weighted by atomic mass is 32.1. The molecule has 0 radical (unpaired) electrons. The summed E-state index contributed by atoms with van der Waals surface area (Å²) in [6, 6.07) is 5.97. The predicted octanol–water partition coefficient (Wildman–Crippen LogP) is 2.88. The first kappa shape index (κ1) is 16.0. The number of hydrogen-bond donors (Lipinski definition) is 1. The molecule has 0 spiro atoms. The van der Waals surface area contributed by atoms with Crippen molar-refractivity contribution in [3.63, 3.8) is 0 Å². The van der Waals surface area contributed by atoms with E-state index in [1.54, 1.807) is 12.5 Å². The third-order valence-electron chi connectivity index (χ3n) is 4.75. The van der Waals surface area contributed by atoms with Gasteiger partial charge >= 0.3 is 0 Å². The molecule has 25 heavy (non-hydrogen) atoms. The van der Waals surface area contributed by atoms with Gasteiger partial charge in [0.05, 0.1) is 4.88 Å². The molecule has 1 amide bonds. The second-order valence-electron chi connectivity index (χ2n) is 6.34. The van der Waals surface area contributed by atoms with Gasteiger partial charge in [-0.05, 0) is 37.3 Å². The van der Waals surface area contributed by atoms with Gasteiger partial charge in [-0.25, -0.2) is 15.0 Å². The Morgan fingerprint density at radius 1 is 1.28 bits per heavy atom. The standard InChI is InChI=1S/C18H19N5OS/c1-11-9-14(22-10-21-11)23-7-4-12(5-8-23)15-13-3-2-6-20-18(13)25-16(15)17(19)24/h2-3,6,9-10,12H,4-5,7-8H2,1H3,(H2,19,24). The number of carbonyl (C=O) groups excluding carboxylic acids is 1. The number of hydrogen-bond acceptors (Lipinski definition) is 6. The SMILES string of the molecule is Cc1cc(N2CCC(c3c(C(N)=O)sc4ncccc34)CC2)ncn1. The van der Waals surface area contributed by atoms with Gasteiger partial charge < -0.3 is 10.6 Å². The molecule has 0 unspecified atom stereocenters. The molecule has 128 valence electrons. The highest BCUT2D eigenvalue weighted by molar-refractivity contribution is 7.20. The van der Waals surface area contributed by atoms with Gasteiger partial charge in [-0.15, -0.1) is 11.3 Å². The van der Waals surface area contributed by atoms with E-state index in [-0.39, 0.29) is 5.91 Å². The summed E-state index contributed by atoms with van der Waals surface area (Å²) in [5, 5.41) is 1.07. The van der Waals surface area contributed by atoms with Crippen molar-refractivity contribution < 1.29 is 4.79 Å². The third-order valence-corrected chi connectivity index (χ3v) is 5.89. The number of carbonyl (C=O) groups is 1. The second-order valence-corrected chi connectivity index (χ2v) is 7.34. The van der Waals surface area contributed by atoms with Crippen LogP contribution in [0, 0.1) is 6.92 Å². The zero-order chi connectivity index (χ0) is 17.4. The van der Waals surface area contributed by atoms with Crippen LogP contribution >= 0.6 is 11.3 Å². The highest BCUT2D eigenvalue weighted by Crippen LogP contribution is 2.40. The van der Waals surface area contributed by atoms with Crippen LogP contribution < -0.4 is 10.6 Å². The molecule has 0 aromatic carbocycles. The summed E-state index contributed by atoms with van der Waals surface area (Å²) in [6.07, 6.45) is 5.29. The second kappa shape index (κ2) is 6.40. The number of aryl methyl sites for hydroxylation is 1. The van der Waals surface area contributed by atoms with Crippen LogP contribution in [-0.2, 0) is 0 Å². The maximum atomic E-state index is 11.9. The summed E-state index contributed by atoms with van der Waals surface area (Å²) in [6.45, 7) is 3.77. The molecule has 3 aromatic rings. The van der Waals surface area contributed by atoms with Gasteiger partial charge in [0.25, 0.3) is 5.91 Å². The lowest BCUT2D eigenvalue weighted by molar-refractivity contribution is 0.100. The van der Waals surface area contributed by atoms with Crippen molar-refractivity contribution in [1.82, 2.24) is 15.0 Å². The minimum Gasteiger partial charge on any atom is -0.365 e. The zero-order valence-electron chi connectivity index (χ0n) is 14.0. The molecular formula is C18H19N5OS. The number of primary amides is 1. The van der Waals surface area contributed by atoms with E-state index < -0.39 is 0 Å². The molecule has 7 heteroatoms. The number of aromatic nitrogens is 3. The Kier molecular flexibility index (Phi) is 4.09. The number of pyridine rings is 1. The number of amides is 1. The van der Waals surface area contributed by atoms with Crippen molar-refractivity contribution in [3.05, 3.63) is 46.9 Å². The maximum absolute atomic E-state index is 11.9. The van der Waals surface area contributed by atoms with Gasteiger partial charge in [0.15, 0.2) is 0 Å². The number of nitrogens with zero attached hydrogens (tertiary/aromatic N) is 4. The minimum absolute atomic E-state index is 0.319. The van der Waals surface area contributed by atoms with E-state index in [4.69, 9.17) is 5.73 Å². The number of nitrogens with two attached hydrogens (primary N) is 1. The maximum Gasteiger partial charge on any atom is 0.259 e. The van der Waals surface area contributed by atoms with Crippen LogP contribution in [-0.4, -0.2) is 33.9 Å². The number of anilines is 1. The quantitative estimate of drug-likeness (QED) is 0.782. The van der Waals surface area contributed by atoms with Crippen LogP contribution in [0.5, 0.6) is 0 Å². The fraction of sp³-hybridized carbons (Fsp3) is 0.333. The van der Waals surface area contributed by atoms with Crippen molar-refractivity contribution >= 4 is 33.3 Å². The lowest BCUT2D eigenvalue weighted by Gasteiger charge is -2.33. The summed E-state index contributed by atoms with van der Waals surface area (Å²) in [7, 11) is 0. The van der Waals surface area contributed by atoms with Crippen molar-refractivity contribution in [3.8, 4) is 0 Å². The van der Waals surface area contributed by atoms with Crippen molar-refractivity contribution in [2.45, 2.75) is 25.7 Å². The van der Waals surface area contributed by atoms with E-state index >= 15 is 0 Å². The van der Waals surface area contributed by atoms with E-state index in [1.807, 2.05) is 25.1 Å². The molecule has 0 atom stereocenters. The molecule has 0 saturated carbocycles. The largest absolute Gasteiger partial charge is 0.365 e. The van der Waals surface area contributed by atoms with Crippen molar-refractivity contribution in [2.75, 3.05) is 18.0 Å². The summed E-state index contributed by atoms with van der Waals surface area (Å²) in [5.74, 6) is 0.935. The van der Waals surface area contributed by atoms with Gasteiger partial charge in [0.1, 0.15) is 17.0 Å². The molecule has 1 fully saturated rings. The van der Waals surface area contributed by atoms with Crippen molar-refractivity contribution in [1.29, 1.82) is 0 Å². The van der Waals surface area contributed by atoms with E-state index in [0.29, 0.717) is 10.8 Å². The zero-order valence-corrected chi connectivity index (χ0v) is 14.8. The van der Waals surface area contributed by atoms with Gasteiger partial charge in [-0.1, -0.05) is 6.07 Å². The third kappa shape index (κ3) is 2.95. The molecule has 0 bridgehead atoms. The summed E-state index contributed by atoms with van der Waals surface area (Å²) < 4.78 is 0. The van der Waals surface area contributed by atoms with E-state index in [1.165, 1.54) is 11.3 Å². The smallest absolute Gasteiger partial charge is 0.259 e. The minimum atomic E-state index is -0.355. The lowest BCUT2D eigenvalue weighted by Crippen LogP contribution is -2.34. The van der Waals surface area contributed by atoms with Crippen LogP contribution in [0.3, 0.4) is 0 Å². The summed E-state index contributed by atoms with van der Waals surface area (Å²) in [4.78, 5) is 28.7. The fourth-order valence-electron chi connectivity index (χ4n) is 3.55. The van der Waals surface area contributed by atoms with Crippen LogP contribution in [0.25, 0.3) is 10.2 Å². The van der Waals surface area contributed by atoms with Crippen LogP contribution in [0.2, 0.25) is 0 Å². The van der Waals surface area contributed by atoms with E-state index in [9.17, 15) is 4.79 Å². The monoisotopic (exact) mass is 353 g/mol. The fourth-order valence-corrected chi connectivity index (χ4v) is 4.63.